The van der Waals surface area contributed by atoms with E-state index in [1.807, 2.05) is 0 Å². The molecule has 0 aromatic carbocycles. The van der Waals surface area contributed by atoms with Crippen LogP contribution in [0.1, 0.15) is 19.3 Å². The maximum atomic E-state index is 11.6. The van der Waals surface area contributed by atoms with Crippen LogP contribution in [0, 0.1) is 5.92 Å². The zero-order valence-electron chi connectivity index (χ0n) is 11.2. The van der Waals surface area contributed by atoms with Crippen LogP contribution in [0.2, 0.25) is 0 Å². The minimum absolute atomic E-state index is 0.322. The highest BCUT2D eigenvalue weighted by Gasteiger charge is 2.21. The molecule has 1 aliphatic heterocycles. The number of nitrogens with one attached hydrogen (secondary N) is 2. The second-order valence-electron chi connectivity index (χ2n) is 4.61. The number of ether oxygens (including phenoxy) is 2. The molecule has 19 heavy (non-hydrogen) atoms. The summed E-state index contributed by atoms with van der Waals surface area (Å²) in [6.45, 7) is 2.36. The van der Waals surface area contributed by atoms with Crippen molar-refractivity contribution in [1.82, 2.24) is 10.6 Å². The summed E-state index contributed by atoms with van der Waals surface area (Å²) in [5, 5.41) is 14.1. The second-order valence-corrected chi connectivity index (χ2v) is 4.61. The van der Waals surface area contributed by atoms with Crippen molar-refractivity contribution in [3.8, 4) is 0 Å². The summed E-state index contributed by atoms with van der Waals surface area (Å²) in [7, 11) is 1.56. The minimum Gasteiger partial charge on any atom is -0.480 e. The molecule has 1 fully saturated rings. The Morgan fingerprint density at radius 2 is 2.32 bits per heavy atom. The summed E-state index contributed by atoms with van der Waals surface area (Å²) in [4.78, 5) is 22.6. The minimum atomic E-state index is -1.03. The maximum absolute atomic E-state index is 11.6. The van der Waals surface area contributed by atoms with E-state index in [1.54, 1.807) is 7.11 Å². The van der Waals surface area contributed by atoms with Gasteiger partial charge in [-0.1, -0.05) is 0 Å². The number of hydrogen-bond donors (Lipinski definition) is 3. The first kappa shape index (κ1) is 15.7. The average Bonchev–Trinajstić information content (AvgIpc) is 2.88. The Morgan fingerprint density at radius 3 is 2.89 bits per heavy atom. The first-order valence-corrected chi connectivity index (χ1v) is 6.47. The number of carbonyl (C=O) groups is 2. The van der Waals surface area contributed by atoms with Crippen molar-refractivity contribution in [2.24, 2.45) is 5.92 Å². The van der Waals surface area contributed by atoms with Crippen LogP contribution >= 0.6 is 0 Å². The predicted molar refractivity (Wildman–Crippen MR) is 68.0 cm³/mol. The Bertz CT molecular complexity index is 292. The van der Waals surface area contributed by atoms with Gasteiger partial charge >= 0.3 is 12.0 Å². The molecule has 7 heteroatoms. The summed E-state index contributed by atoms with van der Waals surface area (Å²) < 4.78 is 10.1. The lowest BCUT2D eigenvalue weighted by Gasteiger charge is -2.16. The van der Waals surface area contributed by atoms with Gasteiger partial charge in [-0.05, 0) is 19.3 Å². The molecule has 2 unspecified atom stereocenters. The quantitative estimate of drug-likeness (QED) is 0.549. The van der Waals surface area contributed by atoms with Crippen molar-refractivity contribution in [3.63, 3.8) is 0 Å². The summed E-state index contributed by atoms with van der Waals surface area (Å²) in [6, 6.07) is -1.33. The van der Waals surface area contributed by atoms with E-state index >= 15 is 0 Å². The number of urea groups is 1. The number of carboxylic acids is 1. The number of methoxy groups -OCH3 is 1. The third-order valence-corrected chi connectivity index (χ3v) is 3.02. The smallest absolute Gasteiger partial charge is 0.326 e. The molecule has 0 radical (unpaired) electrons. The fourth-order valence-corrected chi connectivity index (χ4v) is 1.88. The third-order valence-electron chi connectivity index (χ3n) is 3.02. The van der Waals surface area contributed by atoms with Gasteiger partial charge in [-0.25, -0.2) is 9.59 Å². The van der Waals surface area contributed by atoms with Gasteiger partial charge in [0.05, 0.1) is 6.61 Å². The van der Waals surface area contributed by atoms with Crippen LogP contribution in [0.5, 0.6) is 0 Å². The molecular formula is C12H22N2O5. The van der Waals surface area contributed by atoms with E-state index in [4.69, 9.17) is 14.6 Å². The van der Waals surface area contributed by atoms with Crippen LogP contribution in [-0.2, 0) is 14.3 Å². The molecule has 1 heterocycles. The summed E-state index contributed by atoms with van der Waals surface area (Å²) in [5.74, 6) is -0.710. The van der Waals surface area contributed by atoms with E-state index in [1.165, 1.54) is 0 Å². The number of carbonyl (C=O) groups excluding carboxylic acids is 1. The molecule has 0 aromatic heterocycles. The van der Waals surface area contributed by atoms with Crippen molar-refractivity contribution in [1.29, 1.82) is 0 Å². The highest BCUT2D eigenvalue weighted by Crippen LogP contribution is 2.10. The Hall–Kier alpha value is -1.34. The van der Waals surface area contributed by atoms with Gasteiger partial charge in [0.25, 0.3) is 0 Å². The molecule has 110 valence electrons. The van der Waals surface area contributed by atoms with Crippen LogP contribution in [0.3, 0.4) is 0 Å². The Kier molecular flexibility index (Phi) is 7.20. The summed E-state index contributed by atoms with van der Waals surface area (Å²) in [6.07, 6.45) is 1.86. The van der Waals surface area contributed by atoms with Gasteiger partial charge in [0.15, 0.2) is 0 Å². The highest BCUT2D eigenvalue weighted by atomic mass is 16.5. The van der Waals surface area contributed by atoms with Crippen molar-refractivity contribution >= 4 is 12.0 Å². The number of rotatable bonds is 8. The highest BCUT2D eigenvalue weighted by molar-refractivity contribution is 5.82. The SMILES string of the molecule is COCCCC(NC(=O)NCC1CCOC1)C(=O)O. The Labute approximate surface area is 112 Å². The van der Waals surface area contributed by atoms with Gasteiger partial charge in [-0.3, -0.25) is 0 Å². The second kappa shape index (κ2) is 8.71. The molecule has 2 atom stereocenters. The monoisotopic (exact) mass is 274 g/mol. The number of aliphatic carboxylic acids is 1. The van der Waals surface area contributed by atoms with Gasteiger partial charge in [-0.15, -0.1) is 0 Å². The van der Waals surface area contributed by atoms with E-state index in [9.17, 15) is 9.59 Å². The largest absolute Gasteiger partial charge is 0.480 e. The molecule has 1 saturated heterocycles. The van der Waals surface area contributed by atoms with E-state index in [0.29, 0.717) is 38.5 Å². The molecule has 1 rings (SSSR count). The molecule has 1 aliphatic rings. The van der Waals surface area contributed by atoms with E-state index in [-0.39, 0.29) is 0 Å². The zero-order valence-corrected chi connectivity index (χ0v) is 11.2. The lowest BCUT2D eigenvalue weighted by Crippen LogP contribution is -2.47. The first-order valence-electron chi connectivity index (χ1n) is 6.47. The van der Waals surface area contributed by atoms with Gasteiger partial charge in [-0.2, -0.15) is 0 Å². The molecule has 0 aromatic rings. The molecule has 2 amide bonds. The average molecular weight is 274 g/mol. The lowest BCUT2D eigenvalue weighted by atomic mass is 10.1. The Morgan fingerprint density at radius 1 is 1.53 bits per heavy atom. The van der Waals surface area contributed by atoms with E-state index in [2.05, 4.69) is 10.6 Å². The van der Waals surface area contributed by atoms with E-state index in [0.717, 1.165) is 13.0 Å². The van der Waals surface area contributed by atoms with Gasteiger partial charge in [0.2, 0.25) is 0 Å². The van der Waals surface area contributed by atoms with Crippen LogP contribution in [0.25, 0.3) is 0 Å². The van der Waals surface area contributed by atoms with Gasteiger partial charge < -0.3 is 25.2 Å². The number of carboxylic acid groups (broad SMARTS) is 1. The number of hydrogen-bond acceptors (Lipinski definition) is 4. The van der Waals surface area contributed by atoms with Crippen molar-refractivity contribution in [2.75, 3.05) is 33.5 Å². The molecule has 0 aliphatic carbocycles. The van der Waals surface area contributed by atoms with E-state index < -0.39 is 18.0 Å². The van der Waals surface area contributed by atoms with Crippen LogP contribution in [-0.4, -0.2) is 56.6 Å². The van der Waals surface area contributed by atoms with Crippen LogP contribution < -0.4 is 10.6 Å². The molecule has 7 nitrogen and oxygen atoms in total. The topological polar surface area (TPSA) is 96.9 Å². The lowest BCUT2D eigenvalue weighted by molar-refractivity contribution is -0.139. The van der Waals surface area contributed by atoms with Crippen LogP contribution in [0.15, 0.2) is 0 Å². The third kappa shape index (κ3) is 6.40. The summed E-state index contributed by atoms with van der Waals surface area (Å²) >= 11 is 0. The fourth-order valence-electron chi connectivity index (χ4n) is 1.88. The number of amides is 2. The molecule has 0 bridgehead atoms. The fraction of sp³-hybridized carbons (Fsp3) is 0.833. The molecular weight excluding hydrogens is 252 g/mol. The summed E-state index contributed by atoms with van der Waals surface area (Å²) in [5.41, 5.74) is 0. The standard InChI is InChI=1S/C12H22N2O5/c1-18-5-2-3-10(11(15)16)14-12(17)13-7-9-4-6-19-8-9/h9-10H,2-8H2,1H3,(H,15,16)(H2,13,14,17). The van der Waals surface area contributed by atoms with Crippen molar-refractivity contribution in [3.05, 3.63) is 0 Å². The van der Waals surface area contributed by atoms with Crippen LogP contribution in [0.4, 0.5) is 4.79 Å². The predicted octanol–water partition coefficient (Wildman–Crippen LogP) is 0.202. The van der Waals surface area contributed by atoms with Crippen molar-refractivity contribution < 1.29 is 24.2 Å². The van der Waals surface area contributed by atoms with Gasteiger partial charge in [0.1, 0.15) is 6.04 Å². The van der Waals surface area contributed by atoms with Crippen molar-refractivity contribution in [2.45, 2.75) is 25.3 Å². The Balaban J connectivity index is 2.23. The molecule has 3 N–H and O–H groups in total. The maximum Gasteiger partial charge on any atom is 0.326 e. The normalized spacial score (nSPS) is 19.9. The van der Waals surface area contributed by atoms with Gasteiger partial charge in [0, 0.05) is 32.8 Å². The molecule has 0 saturated carbocycles. The zero-order chi connectivity index (χ0) is 14.1. The first-order chi connectivity index (χ1) is 9.13. The molecule has 0 spiro atoms.